The minimum Gasteiger partial charge on any atom is -0.467 e. The molecule has 198 valence electrons. The summed E-state index contributed by atoms with van der Waals surface area (Å²) < 4.78 is 4.87. The lowest BCUT2D eigenvalue weighted by atomic mass is 10.1. The van der Waals surface area contributed by atoms with Gasteiger partial charge in [0.15, 0.2) is 0 Å². The van der Waals surface area contributed by atoms with Crippen molar-refractivity contribution in [2.75, 3.05) is 38.8 Å². The van der Waals surface area contributed by atoms with E-state index < -0.39 is 12.0 Å². The van der Waals surface area contributed by atoms with Gasteiger partial charge in [0.05, 0.1) is 43.7 Å². The molecule has 2 amide bonds. The zero-order chi connectivity index (χ0) is 26.6. The van der Waals surface area contributed by atoms with Gasteiger partial charge in [-0.3, -0.25) is 14.5 Å². The van der Waals surface area contributed by atoms with E-state index in [1.807, 2.05) is 28.2 Å². The van der Waals surface area contributed by atoms with Crippen LogP contribution in [0.4, 0.5) is 0 Å². The monoisotopic (exact) mass is 526 g/mol. The molecule has 2 heterocycles. The van der Waals surface area contributed by atoms with E-state index in [2.05, 4.69) is 21.4 Å². The Kier molecular flexibility index (Phi) is 11.0. The van der Waals surface area contributed by atoms with Gasteiger partial charge in [-0.2, -0.15) is 17.0 Å². The molecule has 10 nitrogen and oxygen atoms in total. The number of nitriles is 1. The quantitative estimate of drug-likeness (QED) is 0.377. The summed E-state index contributed by atoms with van der Waals surface area (Å²) >= 11 is 1.59. The lowest BCUT2D eigenvalue weighted by Crippen LogP contribution is -2.49. The Morgan fingerprint density at radius 3 is 2.95 bits per heavy atom. The number of hydrogen-bond acceptors (Lipinski definition) is 8. The first-order chi connectivity index (χ1) is 17.9. The smallest absolute Gasteiger partial charge is 0.328 e. The molecule has 2 aromatic rings. The van der Waals surface area contributed by atoms with Gasteiger partial charge < -0.3 is 19.9 Å². The molecule has 0 aliphatic carbocycles. The first kappa shape index (κ1) is 28.2. The molecule has 2 atom stereocenters. The highest BCUT2D eigenvalue weighted by Gasteiger charge is 2.31. The summed E-state index contributed by atoms with van der Waals surface area (Å²) in [4.78, 5) is 49.1. The number of H-pyrrole nitrogens is 1. The van der Waals surface area contributed by atoms with Crippen LogP contribution in [0.3, 0.4) is 0 Å². The molecule has 1 saturated heterocycles. The lowest BCUT2D eigenvalue weighted by molar-refractivity contribution is -0.145. The zero-order valence-corrected chi connectivity index (χ0v) is 22.1. The van der Waals surface area contributed by atoms with Crippen LogP contribution < -0.4 is 5.32 Å². The summed E-state index contributed by atoms with van der Waals surface area (Å²) in [6.07, 6.45) is 7.63. The Balaban J connectivity index is 1.72. The van der Waals surface area contributed by atoms with Crippen LogP contribution in [-0.4, -0.2) is 88.4 Å². The summed E-state index contributed by atoms with van der Waals surface area (Å²) in [5, 5.41) is 12.1. The summed E-state index contributed by atoms with van der Waals surface area (Å²) in [6, 6.07) is 8.65. The van der Waals surface area contributed by atoms with E-state index in [-0.39, 0.29) is 30.8 Å². The van der Waals surface area contributed by atoms with Gasteiger partial charge in [-0.15, -0.1) is 0 Å². The number of aromatic nitrogens is 2. The molecule has 1 aromatic carbocycles. The van der Waals surface area contributed by atoms with Crippen LogP contribution in [0.25, 0.3) is 0 Å². The summed E-state index contributed by atoms with van der Waals surface area (Å²) in [7, 11) is 1.31. The molecule has 1 aliphatic heterocycles. The number of nitrogens with zero attached hydrogens (tertiary/aromatic N) is 4. The van der Waals surface area contributed by atoms with Gasteiger partial charge >= 0.3 is 5.97 Å². The van der Waals surface area contributed by atoms with Crippen LogP contribution in [0, 0.1) is 11.3 Å². The summed E-state index contributed by atoms with van der Waals surface area (Å²) in [5.41, 5.74) is 2.13. The van der Waals surface area contributed by atoms with Gasteiger partial charge in [-0.1, -0.05) is 12.1 Å². The minimum absolute atomic E-state index is 0.00769. The third-order valence-corrected chi connectivity index (χ3v) is 6.96. The molecule has 0 bridgehead atoms. The van der Waals surface area contributed by atoms with E-state index in [1.54, 1.807) is 36.4 Å². The number of likely N-dealkylation sites (tertiary alicyclic amines) is 1. The molecule has 1 aromatic heterocycles. The Hall–Kier alpha value is -3.36. The third kappa shape index (κ3) is 8.61. The normalized spacial score (nSPS) is 15.8. The second-order valence-electron chi connectivity index (χ2n) is 9.03. The number of hydrogen-bond donors (Lipinski definition) is 2. The molecule has 0 saturated carbocycles. The van der Waals surface area contributed by atoms with Crippen LogP contribution in [-0.2, 0) is 32.1 Å². The van der Waals surface area contributed by atoms with Crippen molar-refractivity contribution in [1.29, 1.82) is 5.26 Å². The van der Waals surface area contributed by atoms with Gasteiger partial charge in [-0.25, -0.2) is 9.78 Å². The van der Waals surface area contributed by atoms with Crippen molar-refractivity contribution in [2.24, 2.45) is 0 Å². The molecule has 0 spiro atoms. The Labute approximate surface area is 221 Å². The van der Waals surface area contributed by atoms with Gasteiger partial charge in [0.2, 0.25) is 11.8 Å². The lowest BCUT2D eigenvalue weighted by Gasteiger charge is -2.31. The minimum atomic E-state index is -0.716. The molecule has 0 unspecified atom stereocenters. The molecular weight excluding hydrogens is 492 g/mol. The molecule has 37 heavy (non-hydrogen) atoms. The predicted octanol–water partition coefficient (Wildman–Crippen LogP) is 1.73. The SMILES string of the molecule is COC(=O)[C@H](CCSC)NC(=O)CN(Cc1cccc(C#N)c1)C[C@@H]1CCCN1C(=O)Cc1c[nH]cn1. The van der Waals surface area contributed by atoms with E-state index in [0.717, 1.165) is 18.4 Å². The maximum absolute atomic E-state index is 13.0. The largest absolute Gasteiger partial charge is 0.467 e. The fraction of sp³-hybridized carbons (Fsp3) is 0.500. The van der Waals surface area contributed by atoms with Crippen molar-refractivity contribution in [3.8, 4) is 6.07 Å². The number of carbonyl (C=O) groups excluding carboxylic acids is 3. The first-order valence-corrected chi connectivity index (χ1v) is 13.7. The van der Waals surface area contributed by atoms with E-state index in [0.29, 0.717) is 43.1 Å². The number of methoxy groups -OCH3 is 1. The predicted molar refractivity (Wildman–Crippen MR) is 140 cm³/mol. The van der Waals surface area contributed by atoms with E-state index >= 15 is 0 Å². The van der Waals surface area contributed by atoms with E-state index in [1.165, 1.54) is 7.11 Å². The van der Waals surface area contributed by atoms with Gasteiger partial charge in [0, 0.05) is 31.9 Å². The van der Waals surface area contributed by atoms with Gasteiger partial charge in [0.1, 0.15) is 6.04 Å². The van der Waals surface area contributed by atoms with Crippen molar-refractivity contribution in [2.45, 2.75) is 44.3 Å². The Bertz CT molecular complexity index is 1090. The van der Waals surface area contributed by atoms with Crippen molar-refractivity contribution < 1.29 is 19.1 Å². The highest BCUT2D eigenvalue weighted by Crippen LogP contribution is 2.21. The summed E-state index contributed by atoms with van der Waals surface area (Å²) in [6.45, 7) is 1.62. The van der Waals surface area contributed by atoms with Crippen LogP contribution in [0.2, 0.25) is 0 Å². The zero-order valence-electron chi connectivity index (χ0n) is 21.3. The molecule has 1 aliphatic rings. The van der Waals surface area contributed by atoms with Crippen LogP contribution in [0.5, 0.6) is 0 Å². The molecule has 11 heteroatoms. The second-order valence-corrected chi connectivity index (χ2v) is 10.0. The number of amides is 2. The van der Waals surface area contributed by atoms with Crippen molar-refractivity contribution >= 4 is 29.5 Å². The first-order valence-electron chi connectivity index (χ1n) is 12.3. The highest BCUT2D eigenvalue weighted by molar-refractivity contribution is 7.98. The topological polar surface area (TPSA) is 131 Å². The fourth-order valence-electron chi connectivity index (χ4n) is 4.55. The molecule has 3 rings (SSSR count). The average molecular weight is 527 g/mol. The number of rotatable bonds is 13. The van der Waals surface area contributed by atoms with Crippen molar-refractivity contribution in [3.63, 3.8) is 0 Å². The fourth-order valence-corrected chi connectivity index (χ4v) is 5.02. The van der Waals surface area contributed by atoms with E-state index in [9.17, 15) is 19.6 Å². The maximum Gasteiger partial charge on any atom is 0.328 e. The van der Waals surface area contributed by atoms with Crippen LogP contribution >= 0.6 is 11.8 Å². The number of benzene rings is 1. The number of imidazole rings is 1. The molecule has 1 fully saturated rings. The van der Waals surface area contributed by atoms with Crippen molar-refractivity contribution in [1.82, 2.24) is 25.1 Å². The van der Waals surface area contributed by atoms with Gasteiger partial charge in [0.25, 0.3) is 0 Å². The van der Waals surface area contributed by atoms with E-state index in [4.69, 9.17) is 4.74 Å². The molecule has 0 radical (unpaired) electrons. The van der Waals surface area contributed by atoms with Gasteiger partial charge in [-0.05, 0) is 49.0 Å². The number of carbonyl (C=O) groups is 3. The Morgan fingerprint density at radius 2 is 2.24 bits per heavy atom. The average Bonchev–Trinajstić information content (AvgIpc) is 3.58. The number of esters is 1. The number of ether oxygens (including phenoxy) is 1. The van der Waals surface area contributed by atoms with Crippen LogP contribution in [0.1, 0.15) is 36.1 Å². The standard InChI is InChI=1S/C26H34N6O4S/c1-36-26(35)23(8-10-37-2)30-24(33)17-31(15-20-6-3-5-19(11-20)13-27)16-22-7-4-9-32(22)25(34)12-21-14-28-18-29-21/h3,5-6,11,14,18,22-23H,4,7-10,12,15-17H2,1-2H3,(H,28,29)(H,30,33)/t22-,23-/m0/s1. The second kappa shape index (κ2) is 14.4. The number of aromatic amines is 1. The molecule has 2 N–H and O–H groups in total. The molecular formula is C26H34N6O4S. The van der Waals surface area contributed by atoms with Crippen LogP contribution in [0.15, 0.2) is 36.8 Å². The summed E-state index contributed by atoms with van der Waals surface area (Å²) in [5.74, 6) is -0.0462. The number of thioether (sulfide) groups is 1. The highest BCUT2D eigenvalue weighted by atomic mass is 32.2. The third-order valence-electron chi connectivity index (χ3n) is 6.31. The Morgan fingerprint density at radius 1 is 1.41 bits per heavy atom. The number of nitrogens with one attached hydrogen (secondary N) is 2. The maximum atomic E-state index is 13.0. The van der Waals surface area contributed by atoms with Crippen molar-refractivity contribution in [3.05, 3.63) is 53.6 Å².